The third kappa shape index (κ3) is 3.44. The average Bonchev–Trinajstić information content (AvgIpc) is 2.41. The predicted molar refractivity (Wildman–Crippen MR) is 71.5 cm³/mol. The maximum atomic E-state index is 13.1. The molecule has 0 aliphatic carbocycles. The van der Waals surface area contributed by atoms with Gasteiger partial charge in [0.2, 0.25) is 0 Å². The van der Waals surface area contributed by atoms with Crippen LogP contribution >= 0.6 is 11.6 Å². The molecule has 0 amide bonds. The summed E-state index contributed by atoms with van der Waals surface area (Å²) < 4.78 is 18.5. The molecule has 18 heavy (non-hydrogen) atoms. The molecule has 1 heterocycles. The lowest BCUT2D eigenvalue weighted by Gasteiger charge is -2.30. The van der Waals surface area contributed by atoms with Crippen LogP contribution in [-0.2, 0) is 11.2 Å². The Labute approximate surface area is 112 Å². The van der Waals surface area contributed by atoms with Crippen molar-refractivity contribution in [2.24, 2.45) is 5.92 Å². The lowest BCUT2D eigenvalue weighted by Crippen LogP contribution is -2.38. The zero-order chi connectivity index (χ0) is 13.0. The van der Waals surface area contributed by atoms with E-state index in [1.807, 2.05) is 13.1 Å². The standard InChI is InChI=1S/C14H19ClFNO/c1-17-14(11-4-6-18-7-5-11)9-10-2-3-13(16)12(15)8-10/h2-3,8,11,14,17H,4-7,9H2,1H3. The summed E-state index contributed by atoms with van der Waals surface area (Å²) in [6.07, 6.45) is 3.04. The Bertz CT molecular complexity index is 393. The quantitative estimate of drug-likeness (QED) is 0.909. The number of ether oxygens (including phenoxy) is 1. The first-order valence-electron chi connectivity index (χ1n) is 6.39. The van der Waals surface area contributed by atoms with E-state index in [9.17, 15) is 4.39 Å². The summed E-state index contributed by atoms with van der Waals surface area (Å²) >= 11 is 5.81. The fourth-order valence-electron chi connectivity index (χ4n) is 2.54. The van der Waals surface area contributed by atoms with Gasteiger partial charge in [0.05, 0.1) is 5.02 Å². The highest BCUT2D eigenvalue weighted by atomic mass is 35.5. The summed E-state index contributed by atoms with van der Waals surface area (Å²) in [5.74, 6) is 0.264. The Balaban J connectivity index is 2.02. The maximum absolute atomic E-state index is 13.1. The van der Waals surface area contributed by atoms with Gasteiger partial charge in [0.1, 0.15) is 5.82 Å². The second-order valence-electron chi connectivity index (χ2n) is 4.80. The van der Waals surface area contributed by atoms with Gasteiger partial charge in [0.15, 0.2) is 0 Å². The Kier molecular flexibility index (Phi) is 4.98. The minimum absolute atomic E-state index is 0.203. The van der Waals surface area contributed by atoms with Crippen LogP contribution in [0.5, 0.6) is 0 Å². The molecule has 1 saturated heterocycles. The van der Waals surface area contributed by atoms with E-state index in [-0.39, 0.29) is 10.8 Å². The van der Waals surface area contributed by atoms with Crippen LogP contribution in [0, 0.1) is 11.7 Å². The third-order valence-corrected chi connectivity index (χ3v) is 3.94. The minimum Gasteiger partial charge on any atom is -0.381 e. The molecule has 0 spiro atoms. The van der Waals surface area contributed by atoms with Gasteiger partial charge in [-0.05, 0) is 49.9 Å². The van der Waals surface area contributed by atoms with Crippen molar-refractivity contribution in [3.63, 3.8) is 0 Å². The fraction of sp³-hybridized carbons (Fsp3) is 0.571. The predicted octanol–water partition coefficient (Wildman–Crippen LogP) is 3.04. The molecule has 4 heteroatoms. The van der Waals surface area contributed by atoms with Crippen molar-refractivity contribution in [1.29, 1.82) is 0 Å². The van der Waals surface area contributed by atoms with Crippen LogP contribution in [0.3, 0.4) is 0 Å². The van der Waals surface area contributed by atoms with Gasteiger partial charge in [0, 0.05) is 19.3 Å². The van der Waals surface area contributed by atoms with E-state index in [2.05, 4.69) is 5.32 Å². The van der Waals surface area contributed by atoms with Crippen molar-refractivity contribution >= 4 is 11.6 Å². The van der Waals surface area contributed by atoms with Gasteiger partial charge in [-0.2, -0.15) is 0 Å². The molecule has 1 aromatic carbocycles. The van der Waals surface area contributed by atoms with Gasteiger partial charge in [0.25, 0.3) is 0 Å². The first-order valence-corrected chi connectivity index (χ1v) is 6.77. The van der Waals surface area contributed by atoms with Gasteiger partial charge >= 0.3 is 0 Å². The number of halogens is 2. The Morgan fingerprint density at radius 2 is 2.17 bits per heavy atom. The van der Waals surface area contributed by atoms with E-state index in [0.717, 1.165) is 38.0 Å². The van der Waals surface area contributed by atoms with Crippen LogP contribution in [0.25, 0.3) is 0 Å². The zero-order valence-corrected chi connectivity index (χ0v) is 11.3. The molecule has 1 N–H and O–H groups in total. The van der Waals surface area contributed by atoms with E-state index in [1.54, 1.807) is 6.07 Å². The van der Waals surface area contributed by atoms with E-state index in [0.29, 0.717) is 12.0 Å². The molecule has 2 rings (SSSR count). The molecular formula is C14H19ClFNO. The highest BCUT2D eigenvalue weighted by Crippen LogP contribution is 2.23. The Morgan fingerprint density at radius 3 is 2.78 bits per heavy atom. The van der Waals surface area contributed by atoms with Crippen LogP contribution in [0.4, 0.5) is 4.39 Å². The Hall–Kier alpha value is -0.640. The third-order valence-electron chi connectivity index (χ3n) is 3.65. The summed E-state index contributed by atoms with van der Waals surface area (Å²) in [5, 5.41) is 3.57. The smallest absolute Gasteiger partial charge is 0.141 e. The molecule has 1 aliphatic heterocycles. The van der Waals surface area contributed by atoms with Crippen molar-refractivity contribution in [1.82, 2.24) is 5.32 Å². The molecule has 1 fully saturated rings. The van der Waals surface area contributed by atoms with Crippen molar-refractivity contribution in [3.05, 3.63) is 34.6 Å². The second kappa shape index (κ2) is 6.50. The second-order valence-corrected chi connectivity index (χ2v) is 5.20. The molecule has 0 aromatic heterocycles. The highest BCUT2D eigenvalue weighted by Gasteiger charge is 2.23. The van der Waals surface area contributed by atoms with Crippen molar-refractivity contribution in [2.45, 2.75) is 25.3 Å². The van der Waals surface area contributed by atoms with Crippen LogP contribution in [0.15, 0.2) is 18.2 Å². The molecule has 1 unspecified atom stereocenters. The normalized spacial score (nSPS) is 18.8. The number of likely N-dealkylation sites (N-methyl/N-ethyl adjacent to an activating group) is 1. The molecule has 0 saturated carbocycles. The fourth-order valence-corrected chi connectivity index (χ4v) is 2.75. The van der Waals surface area contributed by atoms with Crippen molar-refractivity contribution in [3.8, 4) is 0 Å². The molecule has 100 valence electrons. The molecule has 2 nitrogen and oxygen atoms in total. The average molecular weight is 272 g/mol. The summed E-state index contributed by atoms with van der Waals surface area (Å²) in [5.41, 5.74) is 1.08. The van der Waals surface area contributed by atoms with Crippen LogP contribution in [0.1, 0.15) is 18.4 Å². The van der Waals surface area contributed by atoms with Crippen LogP contribution in [-0.4, -0.2) is 26.3 Å². The van der Waals surface area contributed by atoms with Crippen molar-refractivity contribution < 1.29 is 9.13 Å². The van der Waals surface area contributed by atoms with Gasteiger partial charge < -0.3 is 10.1 Å². The van der Waals surface area contributed by atoms with Gasteiger partial charge in [-0.1, -0.05) is 17.7 Å². The lowest BCUT2D eigenvalue weighted by molar-refractivity contribution is 0.0547. The molecule has 1 aliphatic rings. The molecule has 0 radical (unpaired) electrons. The number of hydrogen-bond donors (Lipinski definition) is 1. The first kappa shape index (κ1) is 13.8. The molecule has 0 bridgehead atoms. The van der Waals surface area contributed by atoms with Crippen LogP contribution in [0.2, 0.25) is 5.02 Å². The SMILES string of the molecule is CNC(Cc1ccc(F)c(Cl)c1)C1CCOCC1. The monoisotopic (exact) mass is 271 g/mol. The van der Waals surface area contributed by atoms with E-state index in [1.165, 1.54) is 6.07 Å². The summed E-state index contributed by atoms with van der Waals surface area (Å²) in [4.78, 5) is 0. The highest BCUT2D eigenvalue weighted by molar-refractivity contribution is 6.30. The van der Waals surface area contributed by atoms with E-state index >= 15 is 0 Å². The van der Waals surface area contributed by atoms with Crippen LogP contribution < -0.4 is 5.32 Å². The largest absolute Gasteiger partial charge is 0.381 e. The molecule has 1 atom stereocenters. The van der Waals surface area contributed by atoms with Gasteiger partial charge in [-0.25, -0.2) is 4.39 Å². The summed E-state index contributed by atoms with van der Waals surface area (Å²) in [6.45, 7) is 1.68. The minimum atomic E-state index is -0.354. The van der Waals surface area contributed by atoms with Gasteiger partial charge in [-0.15, -0.1) is 0 Å². The van der Waals surface area contributed by atoms with E-state index < -0.39 is 0 Å². The summed E-state index contributed by atoms with van der Waals surface area (Å²) in [6, 6.07) is 5.37. The first-order chi connectivity index (χ1) is 8.70. The molecule has 1 aromatic rings. The Morgan fingerprint density at radius 1 is 1.44 bits per heavy atom. The number of hydrogen-bond acceptors (Lipinski definition) is 2. The maximum Gasteiger partial charge on any atom is 0.141 e. The number of nitrogens with one attached hydrogen (secondary N) is 1. The lowest BCUT2D eigenvalue weighted by atomic mass is 9.88. The van der Waals surface area contributed by atoms with Crippen molar-refractivity contribution in [2.75, 3.05) is 20.3 Å². The number of benzene rings is 1. The van der Waals surface area contributed by atoms with Gasteiger partial charge in [-0.3, -0.25) is 0 Å². The summed E-state index contributed by atoms with van der Waals surface area (Å²) in [7, 11) is 1.98. The molecular weight excluding hydrogens is 253 g/mol. The van der Waals surface area contributed by atoms with E-state index in [4.69, 9.17) is 16.3 Å². The number of rotatable bonds is 4. The zero-order valence-electron chi connectivity index (χ0n) is 10.6. The topological polar surface area (TPSA) is 21.3 Å².